The Morgan fingerprint density at radius 2 is 1.78 bits per heavy atom. The molecule has 0 saturated carbocycles. The van der Waals surface area contributed by atoms with Crippen molar-refractivity contribution in [2.24, 2.45) is 0 Å². The molecule has 1 N–H and O–H groups in total. The van der Waals surface area contributed by atoms with E-state index in [0.717, 1.165) is 12.1 Å². The number of hydrogen-bond acceptors (Lipinski definition) is 2. The second-order valence-corrected chi connectivity index (χ2v) is 3.81. The SMILES string of the molecule is OC(COc1ccccc1)c1ccc(F)cc1F. The predicted octanol–water partition coefficient (Wildman–Crippen LogP) is 3.08. The van der Waals surface area contributed by atoms with E-state index in [4.69, 9.17) is 4.74 Å². The van der Waals surface area contributed by atoms with Gasteiger partial charge in [-0.25, -0.2) is 8.78 Å². The quantitative estimate of drug-likeness (QED) is 0.903. The van der Waals surface area contributed by atoms with Gasteiger partial charge in [0, 0.05) is 11.6 Å². The van der Waals surface area contributed by atoms with Gasteiger partial charge in [0.05, 0.1) is 0 Å². The number of rotatable bonds is 4. The van der Waals surface area contributed by atoms with Crippen molar-refractivity contribution in [3.8, 4) is 5.75 Å². The van der Waals surface area contributed by atoms with Gasteiger partial charge < -0.3 is 9.84 Å². The van der Waals surface area contributed by atoms with E-state index in [1.54, 1.807) is 24.3 Å². The van der Waals surface area contributed by atoms with Gasteiger partial charge in [-0.1, -0.05) is 24.3 Å². The zero-order chi connectivity index (χ0) is 13.0. The second-order valence-electron chi connectivity index (χ2n) is 3.81. The normalized spacial score (nSPS) is 12.2. The van der Waals surface area contributed by atoms with Crippen LogP contribution in [0.5, 0.6) is 5.75 Å². The molecule has 2 aromatic carbocycles. The van der Waals surface area contributed by atoms with Gasteiger partial charge in [-0.15, -0.1) is 0 Å². The molecule has 0 saturated heterocycles. The molecular formula is C14H12F2O2. The number of hydrogen-bond donors (Lipinski definition) is 1. The largest absolute Gasteiger partial charge is 0.491 e. The van der Waals surface area contributed by atoms with Gasteiger partial charge in [0.15, 0.2) is 0 Å². The topological polar surface area (TPSA) is 29.5 Å². The number of aliphatic hydroxyl groups excluding tert-OH is 1. The zero-order valence-corrected chi connectivity index (χ0v) is 9.51. The molecule has 0 radical (unpaired) electrons. The first-order chi connectivity index (χ1) is 8.66. The second kappa shape index (κ2) is 5.60. The van der Waals surface area contributed by atoms with Crippen LogP contribution in [0.2, 0.25) is 0 Å². The molecule has 0 aliphatic carbocycles. The van der Waals surface area contributed by atoms with Crippen LogP contribution in [0.4, 0.5) is 8.78 Å². The summed E-state index contributed by atoms with van der Waals surface area (Å²) in [5.41, 5.74) is 0.0207. The van der Waals surface area contributed by atoms with Crippen LogP contribution in [-0.2, 0) is 0 Å². The fourth-order valence-electron chi connectivity index (χ4n) is 1.55. The smallest absolute Gasteiger partial charge is 0.132 e. The van der Waals surface area contributed by atoms with Crippen LogP contribution >= 0.6 is 0 Å². The first kappa shape index (κ1) is 12.5. The van der Waals surface area contributed by atoms with Crippen molar-refractivity contribution in [3.63, 3.8) is 0 Å². The van der Waals surface area contributed by atoms with Crippen molar-refractivity contribution in [1.29, 1.82) is 0 Å². The van der Waals surface area contributed by atoms with Gasteiger partial charge in [-0.3, -0.25) is 0 Å². The van der Waals surface area contributed by atoms with E-state index in [1.165, 1.54) is 6.07 Å². The van der Waals surface area contributed by atoms with Crippen LogP contribution < -0.4 is 4.74 Å². The Bertz CT molecular complexity index is 514. The predicted molar refractivity (Wildman–Crippen MR) is 63.3 cm³/mol. The first-order valence-electron chi connectivity index (χ1n) is 5.47. The van der Waals surface area contributed by atoms with Gasteiger partial charge in [0.2, 0.25) is 0 Å². The van der Waals surface area contributed by atoms with E-state index in [1.807, 2.05) is 6.07 Å². The molecule has 0 fully saturated rings. The molecule has 0 aromatic heterocycles. The van der Waals surface area contributed by atoms with Crippen molar-refractivity contribution in [2.75, 3.05) is 6.61 Å². The lowest BCUT2D eigenvalue weighted by Crippen LogP contribution is -2.11. The standard InChI is InChI=1S/C14H12F2O2/c15-10-6-7-12(13(16)8-10)14(17)9-18-11-4-2-1-3-5-11/h1-8,14,17H,9H2. The number of ether oxygens (including phenoxy) is 1. The average Bonchev–Trinajstić information content (AvgIpc) is 2.37. The lowest BCUT2D eigenvalue weighted by molar-refractivity contribution is 0.105. The highest BCUT2D eigenvalue weighted by Gasteiger charge is 2.14. The Morgan fingerprint density at radius 3 is 2.44 bits per heavy atom. The minimum Gasteiger partial charge on any atom is -0.491 e. The van der Waals surface area contributed by atoms with Gasteiger partial charge in [-0.2, -0.15) is 0 Å². The summed E-state index contributed by atoms with van der Waals surface area (Å²) in [5, 5.41) is 9.77. The van der Waals surface area contributed by atoms with E-state index in [-0.39, 0.29) is 12.2 Å². The van der Waals surface area contributed by atoms with E-state index >= 15 is 0 Å². The zero-order valence-electron chi connectivity index (χ0n) is 9.51. The average molecular weight is 250 g/mol. The fourth-order valence-corrected chi connectivity index (χ4v) is 1.55. The fraction of sp³-hybridized carbons (Fsp3) is 0.143. The molecule has 4 heteroatoms. The summed E-state index contributed by atoms with van der Waals surface area (Å²) in [7, 11) is 0. The molecule has 0 spiro atoms. The minimum atomic E-state index is -1.13. The molecular weight excluding hydrogens is 238 g/mol. The van der Waals surface area contributed by atoms with E-state index in [2.05, 4.69) is 0 Å². The van der Waals surface area contributed by atoms with Crippen LogP contribution in [0.3, 0.4) is 0 Å². The Kier molecular flexibility index (Phi) is 3.89. The van der Waals surface area contributed by atoms with E-state index in [0.29, 0.717) is 5.75 Å². The molecule has 1 unspecified atom stereocenters. The molecule has 1 atom stereocenters. The summed E-state index contributed by atoms with van der Waals surface area (Å²) in [6, 6.07) is 11.9. The maximum atomic E-state index is 13.4. The third-order valence-corrected chi connectivity index (χ3v) is 2.47. The van der Waals surface area contributed by atoms with Crippen LogP contribution in [0, 0.1) is 11.6 Å². The maximum Gasteiger partial charge on any atom is 0.132 e. The van der Waals surface area contributed by atoms with E-state index in [9.17, 15) is 13.9 Å². The number of para-hydroxylation sites is 1. The molecule has 0 amide bonds. The monoisotopic (exact) mass is 250 g/mol. The summed E-state index contributed by atoms with van der Waals surface area (Å²) in [4.78, 5) is 0. The van der Waals surface area contributed by atoms with Gasteiger partial charge >= 0.3 is 0 Å². The molecule has 0 aliphatic heterocycles. The molecule has 0 heterocycles. The number of benzene rings is 2. The summed E-state index contributed by atoms with van der Waals surface area (Å²) < 4.78 is 31.4. The lowest BCUT2D eigenvalue weighted by atomic mass is 10.1. The van der Waals surface area contributed by atoms with Crippen LogP contribution in [0.25, 0.3) is 0 Å². The molecule has 2 rings (SSSR count). The number of aliphatic hydroxyl groups is 1. The van der Waals surface area contributed by atoms with Gasteiger partial charge in [-0.05, 0) is 18.2 Å². The molecule has 2 aromatic rings. The van der Waals surface area contributed by atoms with Crippen molar-refractivity contribution >= 4 is 0 Å². The highest BCUT2D eigenvalue weighted by atomic mass is 19.1. The van der Waals surface area contributed by atoms with Crippen molar-refractivity contribution in [1.82, 2.24) is 0 Å². The van der Waals surface area contributed by atoms with E-state index < -0.39 is 17.7 Å². The molecule has 2 nitrogen and oxygen atoms in total. The Labute approximate surface area is 103 Å². The molecule has 94 valence electrons. The summed E-state index contributed by atoms with van der Waals surface area (Å²) >= 11 is 0. The summed E-state index contributed by atoms with van der Waals surface area (Å²) in [5.74, 6) is -0.870. The summed E-state index contributed by atoms with van der Waals surface area (Å²) in [6.45, 7) is -0.0907. The van der Waals surface area contributed by atoms with Crippen LogP contribution in [-0.4, -0.2) is 11.7 Å². The number of halogens is 2. The van der Waals surface area contributed by atoms with Gasteiger partial charge in [0.1, 0.15) is 30.1 Å². The third-order valence-electron chi connectivity index (χ3n) is 2.47. The maximum absolute atomic E-state index is 13.4. The Balaban J connectivity index is 2.01. The summed E-state index contributed by atoms with van der Waals surface area (Å²) in [6.07, 6.45) is -1.13. The minimum absolute atomic E-state index is 0.0207. The van der Waals surface area contributed by atoms with Crippen LogP contribution in [0.1, 0.15) is 11.7 Å². The first-order valence-corrected chi connectivity index (χ1v) is 5.47. The van der Waals surface area contributed by atoms with Crippen molar-refractivity contribution in [3.05, 3.63) is 65.7 Å². The highest BCUT2D eigenvalue weighted by Crippen LogP contribution is 2.19. The van der Waals surface area contributed by atoms with Gasteiger partial charge in [0.25, 0.3) is 0 Å². The third kappa shape index (κ3) is 3.05. The van der Waals surface area contributed by atoms with Crippen LogP contribution in [0.15, 0.2) is 48.5 Å². The molecule has 0 bridgehead atoms. The molecule has 0 aliphatic rings. The molecule has 18 heavy (non-hydrogen) atoms. The Morgan fingerprint density at radius 1 is 1.06 bits per heavy atom. The lowest BCUT2D eigenvalue weighted by Gasteiger charge is -2.13. The van der Waals surface area contributed by atoms with Crippen molar-refractivity contribution < 1.29 is 18.6 Å². The Hall–Kier alpha value is -1.94. The highest BCUT2D eigenvalue weighted by molar-refractivity contribution is 5.23. The van der Waals surface area contributed by atoms with Crippen molar-refractivity contribution in [2.45, 2.75) is 6.10 Å².